The van der Waals surface area contributed by atoms with Crippen molar-refractivity contribution in [2.75, 3.05) is 13.7 Å². The van der Waals surface area contributed by atoms with Gasteiger partial charge in [0, 0.05) is 13.0 Å². The van der Waals surface area contributed by atoms with E-state index in [1.54, 1.807) is 0 Å². The van der Waals surface area contributed by atoms with Crippen LogP contribution in [-0.4, -0.2) is 30.4 Å². The van der Waals surface area contributed by atoms with Crippen LogP contribution in [0.3, 0.4) is 0 Å². The summed E-state index contributed by atoms with van der Waals surface area (Å²) < 4.78 is 4.66. The van der Waals surface area contributed by atoms with E-state index in [1.165, 1.54) is 7.11 Å². The molecule has 2 rings (SSSR count). The zero-order valence-corrected chi connectivity index (χ0v) is 11.3. The number of nitrogens with zero attached hydrogens (tertiary/aromatic N) is 1. The monoisotopic (exact) mass is 261 g/mol. The second kappa shape index (κ2) is 5.87. The Bertz CT molecular complexity index is 458. The fourth-order valence-corrected chi connectivity index (χ4v) is 2.55. The Morgan fingerprint density at radius 2 is 2.11 bits per heavy atom. The topological polar surface area (TPSA) is 46.6 Å². The van der Waals surface area contributed by atoms with Crippen LogP contribution < -0.4 is 0 Å². The van der Waals surface area contributed by atoms with Crippen LogP contribution in [0, 0.1) is 5.92 Å². The van der Waals surface area contributed by atoms with Gasteiger partial charge in [-0.1, -0.05) is 30.3 Å². The minimum absolute atomic E-state index is 0.0522. The largest absolute Gasteiger partial charge is 0.469 e. The van der Waals surface area contributed by atoms with Crippen LogP contribution in [-0.2, 0) is 14.3 Å². The third-order valence-corrected chi connectivity index (χ3v) is 3.67. The molecule has 2 atom stereocenters. The van der Waals surface area contributed by atoms with E-state index >= 15 is 0 Å². The zero-order valence-electron chi connectivity index (χ0n) is 11.3. The van der Waals surface area contributed by atoms with Gasteiger partial charge in [0.05, 0.1) is 19.6 Å². The fourth-order valence-electron chi connectivity index (χ4n) is 2.55. The summed E-state index contributed by atoms with van der Waals surface area (Å²) in [5.41, 5.74) is 1.12. The number of carbonyl (C=O) groups is 2. The van der Waals surface area contributed by atoms with E-state index in [4.69, 9.17) is 0 Å². The SMILES string of the molecule is COC(=O)C[C@H]1CC(=O)N([C@@H](C)c2ccccc2)C1. The number of hydrogen-bond donors (Lipinski definition) is 0. The second-order valence-corrected chi connectivity index (χ2v) is 4.98. The molecule has 0 saturated carbocycles. The average Bonchev–Trinajstić information content (AvgIpc) is 2.79. The lowest BCUT2D eigenvalue weighted by molar-refractivity contribution is -0.141. The Morgan fingerprint density at radius 3 is 2.74 bits per heavy atom. The molecule has 1 saturated heterocycles. The minimum atomic E-state index is -0.244. The number of esters is 1. The van der Waals surface area contributed by atoms with Crippen molar-refractivity contribution in [2.24, 2.45) is 5.92 Å². The van der Waals surface area contributed by atoms with Crippen molar-refractivity contribution in [1.29, 1.82) is 0 Å². The van der Waals surface area contributed by atoms with Gasteiger partial charge in [-0.25, -0.2) is 0 Å². The van der Waals surface area contributed by atoms with Crippen molar-refractivity contribution in [3.8, 4) is 0 Å². The maximum Gasteiger partial charge on any atom is 0.305 e. The van der Waals surface area contributed by atoms with Crippen LogP contribution in [0.5, 0.6) is 0 Å². The first kappa shape index (κ1) is 13.6. The van der Waals surface area contributed by atoms with Gasteiger partial charge in [-0.05, 0) is 18.4 Å². The maximum atomic E-state index is 12.0. The summed E-state index contributed by atoms with van der Waals surface area (Å²) in [7, 11) is 1.38. The molecule has 1 aliphatic rings. The first-order chi connectivity index (χ1) is 9.11. The van der Waals surface area contributed by atoms with Gasteiger partial charge in [-0.2, -0.15) is 0 Å². The smallest absolute Gasteiger partial charge is 0.305 e. The number of rotatable bonds is 4. The fraction of sp³-hybridized carbons (Fsp3) is 0.467. The highest BCUT2D eigenvalue weighted by Gasteiger charge is 2.34. The first-order valence-electron chi connectivity index (χ1n) is 6.53. The second-order valence-electron chi connectivity index (χ2n) is 4.98. The number of amides is 1. The highest BCUT2D eigenvalue weighted by molar-refractivity contribution is 5.80. The van der Waals surface area contributed by atoms with Gasteiger partial charge in [0.2, 0.25) is 5.91 Å². The first-order valence-corrected chi connectivity index (χ1v) is 6.53. The predicted molar refractivity (Wildman–Crippen MR) is 71.3 cm³/mol. The van der Waals surface area contributed by atoms with E-state index in [0.29, 0.717) is 19.4 Å². The van der Waals surface area contributed by atoms with Crippen molar-refractivity contribution in [3.05, 3.63) is 35.9 Å². The van der Waals surface area contributed by atoms with Crippen molar-refractivity contribution in [2.45, 2.75) is 25.8 Å². The number of likely N-dealkylation sites (tertiary alicyclic amines) is 1. The van der Waals surface area contributed by atoms with E-state index in [9.17, 15) is 9.59 Å². The molecule has 0 aromatic heterocycles. The highest BCUT2D eigenvalue weighted by atomic mass is 16.5. The van der Waals surface area contributed by atoms with Crippen molar-refractivity contribution < 1.29 is 14.3 Å². The standard InChI is InChI=1S/C15H19NO3/c1-11(13-6-4-3-5-7-13)16-10-12(8-14(16)17)9-15(18)19-2/h3-7,11-12H,8-10H2,1-2H3/t11-,12+/m0/s1. The molecule has 1 aromatic rings. The molecule has 0 aliphatic carbocycles. The molecule has 0 spiro atoms. The van der Waals surface area contributed by atoms with Crippen LogP contribution in [0.2, 0.25) is 0 Å². The Labute approximate surface area is 113 Å². The molecule has 0 unspecified atom stereocenters. The summed E-state index contributed by atoms with van der Waals surface area (Å²) in [6, 6.07) is 9.99. The molecule has 0 radical (unpaired) electrons. The summed E-state index contributed by atoms with van der Waals surface area (Å²) in [5, 5.41) is 0. The van der Waals surface area contributed by atoms with Gasteiger partial charge in [-0.15, -0.1) is 0 Å². The van der Waals surface area contributed by atoms with E-state index in [0.717, 1.165) is 5.56 Å². The maximum absolute atomic E-state index is 12.0. The van der Waals surface area contributed by atoms with Gasteiger partial charge >= 0.3 is 5.97 Å². The summed E-state index contributed by atoms with van der Waals surface area (Å²) in [4.78, 5) is 25.2. The van der Waals surface area contributed by atoms with E-state index < -0.39 is 0 Å². The average molecular weight is 261 g/mol. The van der Waals surface area contributed by atoms with Gasteiger partial charge in [0.25, 0.3) is 0 Å². The lowest BCUT2D eigenvalue weighted by Crippen LogP contribution is -2.28. The van der Waals surface area contributed by atoms with Crippen LogP contribution in [0.1, 0.15) is 31.4 Å². The lowest BCUT2D eigenvalue weighted by atomic mass is 10.0. The van der Waals surface area contributed by atoms with Gasteiger partial charge in [0.1, 0.15) is 0 Å². The van der Waals surface area contributed by atoms with Gasteiger partial charge in [0.15, 0.2) is 0 Å². The third kappa shape index (κ3) is 3.13. The summed E-state index contributed by atoms with van der Waals surface area (Å²) in [5.74, 6) is -0.0524. The highest BCUT2D eigenvalue weighted by Crippen LogP contribution is 2.29. The molecule has 1 aliphatic heterocycles. The summed E-state index contributed by atoms with van der Waals surface area (Å²) >= 11 is 0. The third-order valence-electron chi connectivity index (χ3n) is 3.67. The molecule has 0 bridgehead atoms. The Morgan fingerprint density at radius 1 is 1.42 bits per heavy atom. The molecule has 102 valence electrons. The van der Waals surface area contributed by atoms with Crippen molar-refractivity contribution in [1.82, 2.24) is 4.90 Å². The molecule has 4 heteroatoms. The van der Waals surface area contributed by atoms with Crippen LogP contribution >= 0.6 is 0 Å². The number of methoxy groups -OCH3 is 1. The summed E-state index contributed by atoms with van der Waals surface area (Å²) in [6.07, 6.45) is 0.756. The van der Waals surface area contributed by atoms with Crippen LogP contribution in [0.25, 0.3) is 0 Å². The Hall–Kier alpha value is -1.84. The van der Waals surface area contributed by atoms with Crippen LogP contribution in [0.15, 0.2) is 30.3 Å². The molecular weight excluding hydrogens is 242 g/mol. The van der Waals surface area contributed by atoms with Crippen LogP contribution in [0.4, 0.5) is 0 Å². The summed E-state index contributed by atoms with van der Waals surface area (Å²) in [6.45, 7) is 2.65. The van der Waals surface area contributed by atoms with Crippen molar-refractivity contribution >= 4 is 11.9 Å². The van der Waals surface area contributed by atoms with Crippen molar-refractivity contribution in [3.63, 3.8) is 0 Å². The number of ether oxygens (including phenoxy) is 1. The minimum Gasteiger partial charge on any atom is -0.469 e. The zero-order chi connectivity index (χ0) is 13.8. The Balaban J connectivity index is 2.02. The van der Waals surface area contributed by atoms with E-state index in [2.05, 4.69) is 4.74 Å². The molecule has 1 aromatic carbocycles. The van der Waals surface area contributed by atoms with Gasteiger partial charge < -0.3 is 9.64 Å². The lowest BCUT2D eigenvalue weighted by Gasteiger charge is -2.25. The molecule has 4 nitrogen and oxygen atoms in total. The van der Waals surface area contributed by atoms with E-state index in [-0.39, 0.29) is 23.8 Å². The Kier molecular flexibility index (Phi) is 4.20. The normalized spacial score (nSPS) is 20.4. The number of hydrogen-bond acceptors (Lipinski definition) is 3. The van der Waals surface area contributed by atoms with Gasteiger partial charge in [-0.3, -0.25) is 9.59 Å². The molecule has 19 heavy (non-hydrogen) atoms. The molecule has 1 amide bonds. The predicted octanol–water partition coefficient (Wildman–Crippen LogP) is 2.16. The quantitative estimate of drug-likeness (QED) is 0.780. The number of carbonyl (C=O) groups excluding carboxylic acids is 2. The van der Waals surface area contributed by atoms with E-state index in [1.807, 2.05) is 42.2 Å². The molecule has 1 fully saturated rings. The number of benzene rings is 1. The molecular formula is C15H19NO3. The molecule has 1 heterocycles. The molecule has 0 N–H and O–H groups in total.